The van der Waals surface area contributed by atoms with Gasteiger partial charge in [0.1, 0.15) is 29.9 Å². The minimum Gasteiger partial charge on any atom is -0.508 e. The normalized spacial score (nSPS) is 12.5. The monoisotopic (exact) mass is 669 g/mol. The fourth-order valence-corrected chi connectivity index (χ4v) is 3.46. The van der Waals surface area contributed by atoms with E-state index in [4.69, 9.17) is 59.6 Å². The molecule has 0 aliphatic carbocycles. The maximum Gasteiger partial charge on any atom is 0.320 e. The van der Waals surface area contributed by atoms with Gasteiger partial charge >= 0.3 is 23.9 Å². The van der Waals surface area contributed by atoms with Crippen molar-refractivity contribution >= 4 is 41.6 Å². The van der Waals surface area contributed by atoms with Gasteiger partial charge < -0.3 is 59.5 Å². The lowest BCUT2D eigenvalue weighted by Gasteiger charge is -2.06. The minimum absolute atomic E-state index is 0.112. The molecule has 0 amide bonds. The molecule has 2 aromatic rings. The number of carbonyl (C=O) groups is 4. The molecular weight excluding hydrogens is 622 g/mol. The highest BCUT2D eigenvalue weighted by atomic mass is 32.2. The number of hydrogen-bond acceptors (Lipinski definition) is 11. The molecule has 2 aromatic carbocycles. The Kier molecular flexibility index (Phi) is 24.6. The lowest BCUT2D eigenvalue weighted by atomic mass is 10.1. The number of phenols is 1. The van der Waals surface area contributed by atoms with E-state index in [2.05, 4.69) is 5.32 Å². The van der Waals surface area contributed by atoms with Gasteiger partial charge in [0.25, 0.3) is 0 Å². The maximum atomic E-state index is 10.4. The summed E-state index contributed by atoms with van der Waals surface area (Å²) in [5, 5.41) is 52.0. The van der Waals surface area contributed by atoms with Crippen molar-refractivity contribution in [3.05, 3.63) is 65.7 Å². The van der Waals surface area contributed by atoms with Gasteiger partial charge in [0.2, 0.25) is 0 Å². The molecule has 0 aliphatic rings. The van der Waals surface area contributed by atoms with Gasteiger partial charge in [0.05, 0.1) is 0 Å². The quantitative estimate of drug-likeness (QED) is 0.0663. The summed E-state index contributed by atoms with van der Waals surface area (Å²) in [6, 6.07) is 12.5. The molecule has 0 heterocycles. The van der Waals surface area contributed by atoms with Gasteiger partial charge in [-0.05, 0) is 67.4 Å². The third kappa shape index (κ3) is 25.0. The summed E-state index contributed by atoms with van der Waals surface area (Å²) < 4.78 is 0. The number of carboxylic acids is 4. The molecule has 0 fully saturated rings. The van der Waals surface area contributed by atoms with Crippen LogP contribution in [0.5, 0.6) is 5.75 Å². The predicted octanol–water partition coefficient (Wildman–Crippen LogP) is -0.199. The average Bonchev–Trinajstić information content (AvgIpc) is 3.00. The number of aromatic hydroxyl groups is 1. The van der Waals surface area contributed by atoms with Gasteiger partial charge in [-0.1, -0.05) is 42.5 Å². The fraction of sp³-hybridized carbons (Fsp3) is 0.414. The van der Waals surface area contributed by atoms with E-state index in [-0.39, 0.29) is 18.1 Å². The van der Waals surface area contributed by atoms with Crippen LogP contribution in [0.3, 0.4) is 0 Å². The molecule has 0 aromatic heterocycles. The number of hydrogen-bond donors (Lipinski definition) is 12. The molecule has 17 heteroatoms. The lowest BCUT2D eigenvalue weighted by Crippen LogP contribution is -2.34. The Labute approximate surface area is 271 Å². The van der Waals surface area contributed by atoms with Gasteiger partial charge in [-0.3, -0.25) is 24.6 Å². The Morgan fingerprint density at radius 2 is 1.13 bits per heavy atom. The zero-order valence-corrected chi connectivity index (χ0v) is 26.4. The zero-order chi connectivity index (χ0) is 35.7. The molecule has 17 N–H and O–H groups in total. The van der Waals surface area contributed by atoms with Gasteiger partial charge in [-0.15, -0.1) is 0 Å². The van der Waals surface area contributed by atoms with Gasteiger partial charge in [0, 0.05) is 6.54 Å². The number of nitrogens with two attached hydrogens (primary N) is 5. The molecule has 4 unspecified atom stereocenters. The van der Waals surface area contributed by atoms with E-state index in [1.807, 2.05) is 36.6 Å². The van der Waals surface area contributed by atoms with Crippen LogP contribution < -0.4 is 34.0 Å². The second-order valence-corrected chi connectivity index (χ2v) is 10.6. The highest BCUT2D eigenvalue weighted by Gasteiger charge is 2.12. The van der Waals surface area contributed by atoms with Crippen molar-refractivity contribution in [1.82, 2.24) is 5.32 Å². The Bertz CT molecular complexity index is 1180. The molecule has 4 atom stereocenters. The first-order valence-corrected chi connectivity index (χ1v) is 15.2. The predicted molar refractivity (Wildman–Crippen MR) is 177 cm³/mol. The first-order chi connectivity index (χ1) is 21.5. The molecule has 0 aliphatic heterocycles. The van der Waals surface area contributed by atoms with Crippen LogP contribution in [0.1, 0.15) is 30.4 Å². The van der Waals surface area contributed by atoms with E-state index >= 15 is 0 Å². The number of rotatable bonds is 15. The van der Waals surface area contributed by atoms with Gasteiger partial charge in [-0.2, -0.15) is 11.8 Å². The Hall–Kier alpha value is -4.42. The van der Waals surface area contributed by atoms with Gasteiger partial charge in [-0.25, -0.2) is 0 Å². The topological polar surface area (TPSA) is 335 Å². The number of benzene rings is 2. The highest BCUT2D eigenvalue weighted by molar-refractivity contribution is 7.98. The van der Waals surface area contributed by atoms with Crippen LogP contribution in [-0.4, -0.2) is 98.1 Å². The van der Waals surface area contributed by atoms with E-state index in [1.165, 1.54) is 12.1 Å². The van der Waals surface area contributed by atoms with E-state index in [0.29, 0.717) is 32.2 Å². The second-order valence-electron chi connectivity index (χ2n) is 9.60. The number of guanidine groups is 1. The molecular formula is C29H47N7O9S. The molecule has 0 radical (unpaired) electrons. The van der Waals surface area contributed by atoms with Crippen LogP contribution in [0.15, 0.2) is 54.6 Å². The van der Waals surface area contributed by atoms with Crippen LogP contribution >= 0.6 is 11.8 Å². The zero-order valence-electron chi connectivity index (χ0n) is 25.6. The Morgan fingerprint density at radius 3 is 1.52 bits per heavy atom. The SMILES string of the molecule is CSCCC(N)C(=O)O.N=C(N)NCCCC(N)C(=O)O.NC(Cc1ccc(O)cc1)C(=O)O.NC(Cc1ccccc1)C(=O)O. The minimum atomic E-state index is -1.02. The summed E-state index contributed by atoms with van der Waals surface area (Å²) >= 11 is 1.60. The van der Waals surface area contributed by atoms with Crippen LogP contribution in [0.2, 0.25) is 0 Å². The van der Waals surface area contributed by atoms with E-state index in [9.17, 15) is 19.2 Å². The number of thioether (sulfide) groups is 1. The third-order valence-corrected chi connectivity index (χ3v) is 6.24. The average molecular weight is 670 g/mol. The first-order valence-electron chi connectivity index (χ1n) is 13.8. The lowest BCUT2D eigenvalue weighted by molar-refractivity contribution is -0.139. The number of phenolic OH excluding ortho intramolecular Hbond substituents is 1. The van der Waals surface area contributed by atoms with E-state index in [0.717, 1.165) is 16.9 Å². The summed E-state index contributed by atoms with van der Waals surface area (Å²) in [7, 11) is 0. The smallest absolute Gasteiger partial charge is 0.320 e. The summed E-state index contributed by atoms with van der Waals surface area (Å²) in [5.41, 5.74) is 27.8. The van der Waals surface area contributed by atoms with Crippen LogP contribution in [-0.2, 0) is 32.0 Å². The molecule has 2 rings (SSSR count). The van der Waals surface area contributed by atoms with Crippen molar-refractivity contribution in [2.45, 2.75) is 56.3 Å². The third-order valence-electron chi connectivity index (χ3n) is 5.60. The maximum absolute atomic E-state index is 10.4. The molecule has 0 spiro atoms. The fourth-order valence-electron chi connectivity index (χ4n) is 2.97. The Morgan fingerprint density at radius 1 is 0.717 bits per heavy atom. The van der Waals surface area contributed by atoms with Crippen molar-refractivity contribution in [1.29, 1.82) is 5.41 Å². The van der Waals surface area contributed by atoms with Crippen molar-refractivity contribution in [3.8, 4) is 5.75 Å². The highest BCUT2D eigenvalue weighted by Crippen LogP contribution is 2.10. The first kappa shape index (κ1) is 43.7. The molecule has 0 bridgehead atoms. The van der Waals surface area contributed by atoms with E-state index < -0.39 is 48.0 Å². The summed E-state index contributed by atoms with van der Waals surface area (Å²) in [5.74, 6) is -3.03. The summed E-state index contributed by atoms with van der Waals surface area (Å²) in [6.45, 7) is 0.482. The largest absolute Gasteiger partial charge is 0.508 e. The second kappa shape index (κ2) is 25.9. The molecule has 0 saturated heterocycles. The van der Waals surface area contributed by atoms with Crippen LogP contribution in [0, 0.1) is 5.41 Å². The number of nitrogens with one attached hydrogen (secondary N) is 2. The van der Waals surface area contributed by atoms with Crippen molar-refractivity contribution < 1.29 is 44.7 Å². The summed E-state index contributed by atoms with van der Waals surface area (Å²) in [6.07, 6.45) is 4.11. The number of aliphatic carboxylic acids is 4. The van der Waals surface area contributed by atoms with Crippen LogP contribution in [0.25, 0.3) is 0 Å². The number of carboxylic acid groups (broad SMARTS) is 4. The molecule has 258 valence electrons. The summed E-state index contributed by atoms with van der Waals surface area (Å²) in [4.78, 5) is 41.1. The molecule has 16 nitrogen and oxygen atoms in total. The Balaban J connectivity index is 0. The molecule has 0 saturated carbocycles. The van der Waals surface area contributed by atoms with Crippen molar-refractivity contribution in [2.75, 3.05) is 18.6 Å². The van der Waals surface area contributed by atoms with Gasteiger partial charge in [0.15, 0.2) is 5.96 Å². The molecule has 46 heavy (non-hydrogen) atoms. The van der Waals surface area contributed by atoms with Crippen molar-refractivity contribution in [2.24, 2.45) is 28.7 Å². The van der Waals surface area contributed by atoms with Crippen molar-refractivity contribution in [3.63, 3.8) is 0 Å². The van der Waals surface area contributed by atoms with E-state index in [1.54, 1.807) is 23.9 Å². The van der Waals surface area contributed by atoms with Crippen LogP contribution in [0.4, 0.5) is 0 Å². The standard InChI is InChI=1S/C9H11NO3.C9H11NO2.C6H14N4O2.C5H11NO2S/c10-8(9(12)13)5-6-1-3-7(11)4-2-6;10-8(9(11)12)6-7-4-2-1-3-5-7;7-4(5(11)12)2-1-3-10-6(8)9;1-9-3-2-4(6)5(7)8/h1-4,8,11H,5,10H2,(H,12,13);1-5,8H,6,10H2,(H,11,12);4H,1-3,7H2,(H,11,12)(H4,8,9,10);4H,2-3,6H2,1H3,(H,7,8).